The first kappa shape index (κ1) is 31.0. The van der Waals surface area contributed by atoms with Crippen molar-refractivity contribution in [3.63, 3.8) is 0 Å². The summed E-state index contributed by atoms with van der Waals surface area (Å²) in [4.78, 5) is 31.8. The normalized spacial score (nSPS) is 22.1. The smallest absolute Gasteiger partial charge is 0.195 e. The zero-order valence-corrected chi connectivity index (χ0v) is 29.5. The Labute approximate surface area is 305 Å². The molecule has 1 aliphatic carbocycles. The molecule has 250 valence electrons. The summed E-state index contributed by atoms with van der Waals surface area (Å²) >= 11 is 0. The van der Waals surface area contributed by atoms with E-state index < -0.39 is 21.6 Å². The SMILES string of the molecule is CC12C=CC(c3ccc4c(c3)C(=O)c3ccccc3S4=O)=CC1N(c1ccccc1)c1cc(-c3ccc4c(c3)C(=O)c3ccccc3S4=O)ccc12. The Morgan fingerprint density at radius 3 is 1.73 bits per heavy atom. The van der Waals surface area contributed by atoms with Crippen molar-refractivity contribution in [1.29, 1.82) is 0 Å². The van der Waals surface area contributed by atoms with Crippen LogP contribution >= 0.6 is 0 Å². The van der Waals surface area contributed by atoms with Crippen molar-refractivity contribution in [2.24, 2.45) is 0 Å². The van der Waals surface area contributed by atoms with Gasteiger partial charge in [0, 0.05) is 39.0 Å². The maximum atomic E-state index is 13.6. The molecule has 0 saturated heterocycles. The summed E-state index contributed by atoms with van der Waals surface area (Å²) < 4.78 is 26.9. The third-order valence-electron chi connectivity index (χ3n) is 10.9. The molecular formula is C45H29NO4S2. The van der Waals surface area contributed by atoms with Gasteiger partial charge in [-0.2, -0.15) is 0 Å². The number of carbonyl (C=O) groups is 2. The number of benzene rings is 6. The lowest BCUT2D eigenvalue weighted by Crippen LogP contribution is -2.39. The minimum absolute atomic E-state index is 0.0919. The van der Waals surface area contributed by atoms with Gasteiger partial charge >= 0.3 is 0 Å². The summed E-state index contributed by atoms with van der Waals surface area (Å²) in [6.07, 6.45) is 6.67. The molecule has 6 aromatic carbocycles. The highest BCUT2D eigenvalue weighted by atomic mass is 32.2. The number of para-hydroxylation sites is 1. The van der Waals surface area contributed by atoms with Crippen molar-refractivity contribution in [1.82, 2.24) is 0 Å². The summed E-state index contributed by atoms with van der Waals surface area (Å²) in [5.41, 5.74) is 8.55. The van der Waals surface area contributed by atoms with Crippen LogP contribution in [0.1, 0.15) is 49.9 Å². The first-order valence-electron chi connectivity index (χ1n) is 17.1. The van der Waals surface area contributed by atoms with Crippen LogP contribution in [-0.4, -0.2) is 26.0 Å². The number of allylic oxidation sites excluding steroid dienone is 2. The molecule has 3 heterocycles. The lowest BCUT2D eigenvalue weighted by molar-refractivity contribution is 0.102. The van der Waals surface area contributed by atoms with E-state index in [1.807, 2.05) is 78.9 Å². The summed E-state index contributed by atoms with van der Waals surface area (Å²) in [5, 5.41) is 0. The number of rotatable bonds is 3. The zero-order valence-electron chi connectivity index (χ0n) is 27.9. The maximum absolute atomic E-state index is 13.6. The Hall–Kier alpha value is -5.76. The zero-order chi connectivity index (χ0) is 35.3. The third-order valence-corrected chi connectivity index (χ3v) is 13.9. The Balaban J connectivity index is 1.07. The molecule has 0 bridgehead atoms. The van der Waals surface area contributed by atoms with E-state index in [-0.39, 0.29) is 23.0 Å². The van der Waals surface area contributed by atoms with E-state index in [4.69, 9.17) is 0 Å². The molecule has 3 aliphatic heterocycles. The van der Waals surface area contributed by atoms with Crippen molar-refractivity contribution in [3.05, 3.63) is 185 Å². The van der Waals surface area contributed by atoms with Crippen LogP contribution in [0.2, 0.25) is 0 Å². The molecule has 6 aromatic rings. The summed E-state index contributed by atoms with van der Waals surface area (Å²) in [6, 6.07) is 42.3. The highest BCUT2D eigenvalue weighted by Gasteiger charge is 2.47. The van der Waals surface area contributed by atoms with Gasteiger partial charge in [-0.05, 0) is 101 Å². The molecule has 0 aromatic heterocycles. The van der Waals surface area contributed by atoms with Gasteiger partial charge in [0.15, 0.2) is 11.6 Å². The van der Waals surface area contributed by atoms with Gasteiger partial charge < -0.3 is 4.90 Å². The van der Waals surface area contributed by atoms with Gasteiger partial charge in [-0.25, -0.2) is 8.42 Å². The average Bonchev–Trinajstić information content (AvgIpc) is 3.46. The van der Waals surface area contributed by atoms with Crippen molar-refractivity contribution >= 4 is 50.1 Å². The first-order chi connectivity index (χ1) is 25.3. The Kier molecular flexibility index (Phi) is 6.78. The minimum Gasteiger partial charge on any atom is -0.333 e. The van der Waals surface area contributed by atoms with Crippen molar-refractivity contribution < 1.29 is 18.0 Å². The molecule has 10 rings (SSSR count). The quantitative estimate of drug-likeness (QED) is 0.183. The van der Waals surface area contributed by atoms with Gasteiger partial charge in [0.25, 0.3) is 0 Å². The molecule has 4 unspecified atom stereocenters. The van der Waals surface area contributed by atoms with Crippen LogP contribution in [0.4, 0.5) is 11.4 Å². The molecular weight excluding hydrogens is 683 g/mol. The van der Waals surface area contributed by atoms with Crippen LogP contribution in [-0.2, 0) is 27.0 Å². The number of hydrogen-bond acceptors (Lipinski definition) is 5. The molecule has 0 saturated carbocycles. The third kappa shape index (κ3) is 4.39. The molecule has 52 heavy (non-hydrogen) atoms. The number of nitrogens with zero attached hydrogens (tertiary/aromatic N) is 1. The minimum atomic E-state index is -1.43. The number of hydrogen-bond donors (Lipinski definition) is 0. The van der Waals surface area contributed by atoms with Gasteiger partial charge in [0.2, 0.25) is 0 Å². The predicted octanol–water partition coefficient (Wildman–Crippen LogP) is 9.21. The van der Waals surface area contributed by atoms with Gasteiger partial charge in [-0.3, -0.25) is 9.59 Å². The predicted molar refractivity (Wildman–Crippen MR) is 204 cm³/mol. The largest absolute Gasteiger partial charge is 0.333 e. The lowest BCUT2D eigenvalue weighted by Gasteiger charge is -2.36. The Bertz CT molecular complexity index is 2690. The fourth-order valence-corrected chi connectivity index (χ4v) is 10.9. The maximum Gasteiger partial charge on any atom is 0.195 e. The summed E-state index contributed by atoms with van der Waals surface area (Å²) in [6.45, 7) is 2.25. The number of carbonyl (C=O) groups excluding carboxylic acids is 2. The monoisotopic (exact) mass is 711 g/mol. The van der Waals surface area contributed by atoms with E-state index in [9.17, 15) is 18.0 Å². The topological polar surface area (TPSA) is 71.5 Å². The molecule has 4 atom stereocenters. The first-order valence-corrected chi connectivity index (χ1v) is 19.4. The molecule has 0 amide bonds. The molecule has 5 nitrogen and oxygen atoms in total. The van der Waals surface area contributed by atoms with E-state index in [1.165, 1.54) is 5.56 Å². The lowest BCUT2D eigenvalue weighted by atomic mass is 9.74. The summed E-state index contributed by atoms with van der Waals surface area (Å²) in [5.74, 6) is -0.219. The van der Waals surface area contributed by atoms with E-state index in [0.717, 1.165) is 33.6 Å². The van der Waals surface area contributed by atoms with Gasteiger partial charge in [0.05, 0.1) is 47.2 Å². The molecule has 0 fully saturated rings. The molecule has 4 aliphatic rings. The van der Waals surface area contributed by atoms with Gasteiger partial charge in [-0.1, -0.05) is 85.0 Å². The average molecular weight is 712 g/mol. The molecule has 0 N–H and O–H groups in total. The van der Waals surface area contributed by atoms with Crippen LogP contribution in [0.5, 0.6) is 0 Å². The van der Waals surface area contributed by atoms with E-state index >= 15 is 0 Å². The van der Waals surface area contributed by atoms with E-state index in [2.05, 4.69) is 60.4 Å². The van der Waals surface area contributed by atoms with Crippen molar-refractivity contribution in [2.75, 3.05) is 4.90 Å². The van der Waals surface area contributed by atoms with Crippen LogP contribution in [0, 0.1) is 0 Å². The van der Waals surface area contributed by atoms with Gasteiger partial charge in [0.1, 0.15) is 0 Å². The number of fused-ring (bicyclic) bond motifs is 7. The van der Waals surface area contributed by atoms with Gasteiger partial charge in [-0.15, -0.1) is 0 Å². The van der Waals surface area contributed by atoms with Crippen LogP contribution in [0.3, 0.4) is 0 Å². The number of ketones is 2. The van der Waals surface area contributed by atoms with E-state index in [0.29, 0.717) is 41.8 Å². The standard InChI is InChI=1S/C45H29NO4S2/c1-45-22-21-30(28-17-20-41-35(24-28)44(48)33-12-6-8-14-39(33)52(41)50)26-42(45)46(31-9-3-2-4-10-31)37-25-29(15-18-36(37)45)27-16-19-40-34(23-27)43(47)32-11-5-7-13-38(32)51(40)49/h2-26,42H,1H3. The number of anilines is 2. The van der Waals surface area contributed by atoms with Crippen molar-refractivity contribution in [2.45, 2.75) is 38.0 Å². The molecule has 0 spiro atoms. The van der Waals surface area contributed by atoms with Crippen LogP contribution in [0.15, 0.2) is 171 Å². The van der Waals surface area contributed by atoms with Crippen molar-refractivity contribution in [3.8, 4) is 11.1 Å². The Morgan fingerprint density at radius 2 is 1.08 bits per heavy atom. The molecule has 7 heteroatoms. The fraction of sp³-hybridized carbons (Fsp3) is 0.0667. The van der Waals surface area contributed by atoms with Crippen LogP contribution < -0.4 is 4.90 Å². The van der Waals surface area contributed by atoms with Crippen LogP contribution in [0.25, 0.3) is 16.7 Å². The highest BCUT2D eigenvalue weighted by Crippen LogP contribution is 2.53. The highest BCUT2D eigenvalue weighted by molar-refractivity contribution is 7.85. The van der Waals surface area contributed by atoms with E-state index in [1.54, 1.807) is 24.3 Å². The fourth-order valence-electron chi connectivity index (χ4n) is 8.20. The molecule has 0 radical (unpaired) electrons. The Morgan fingerprint density at radius 1 is 0.558 bits per heavy atom. The second-order valence-corrected chi connectivity index (χ2v) is 16.6. The summed E-state index contributed by atoms with van der Waals surface area (Å²) in [7, 11) is -2.85. The second kappa shape index (κ2) is 11.4. The second-order valence-electron chi connectivity index (χ2n) is 13.7.